The summed E-state index contributed by atoms with van der Waals surface area (Å²) in [4.78, 5) is 17.4. The Bertz CT molecular complexity index is 804. The molecular weight excluding hydrogens is 302 g/mol. The highest BCUT2D eigenvalue weighted by Crippen LogP contribution is 2.28. The summed E-state index contributed by atoms with van der Waals surface area (Å²) in [6, 6.07) is 7.52. The lowest BCUT2D eigenvalue weighted by atomic mass is 10.2. The van der Waals surface area contributed by atoms with Crippen molar-refractivity contribution < 1.29 is 4.79 Å². The van der Waals surface area contributed by atoms with Gasteiger partial charge in [-0.15, -0.1) is 22.7 Å². The average molecular weight is 317 g/mol. The van der Waals surface area contributed by atoms with E-state index in [0.29, 0.717) is 21.6 Å². The van der Waals surface area contributed by atoms with Crippen molar-refractivity contribution in [3.63, 3.8) is 0 Å². The van der Waals surface area contributed by atoms with Crippen molar-refractivity contribution in [2.24, 2.45) is 0 Å². The third-order valence-corrected chi connectivity index (χ3v) is 4.99. The topological polar surface area (TPSA) is 68.0 Å². The monoisotopic (exact) mass is 317 g/mol. The van der Waals surface area contributed by atoms with Crippen molar-refractivity contribution in [2.45, 2.75) is 19.8 Å². The van der Waals surface area contributed by atoms with Gasteiger partial charge in [0.05, 0.1) is 10.6 Å². The van der Waals surface area contributed by atoms with Crippen LogP contribution in [0.15, 0.2) is 29.6 Å². The quantitative estimate of drug-likeness (QED) is 0.707. The summed E-state index contributed by atoms with van der Waals surface area (Å²) in [6.07, 6.45) is 0. The predicted molar refractivity (Wildman–Crippen MR) is 90.4 cm³/mol. The van der Waals surface area contributed by atoms with Crippen LogP contribution in [0.4, 0.5) is 10.8 Å². The van der Waals surface area contributed by atoms with Crippen LogP contribution >= 0.6 is 22.7 Å². The summed E-state index contributed by atoms with van der Waals surface area (Å²) in [5, 5.41) is 6.47. The number of benzene rings is 1. The molecule has 0 radical (unpaired) electrons. The largest absolute Gasteiger partial charge is 0.399 e. The van der Waals surface area contributed by atoms with Crippen molar-refractivity contribution in [3.05, 3.63) is 40.2 Å². The molecule has 0 fully saturated rings. The first-order valence-corrected chi connectivity index (χ1v) is 8.28. The smallest absolute Gasteiger partial charge is 0.267 e. The van der Waals surface area contributed by atoms with Gasteiger partial charge in [0.1, 0.15) is 0 Å². The van der Waals surface area contributed by atoms with Crippen LogP contribution in [0.1, 0.15) is 35.1 Å². The molecule has 108 valence electrons. The highest BCUT2D eigenvalue weighted by atomic mass is 32.1. The second-order valence-electron chi connectivity index (χ2n) is 5.09. The van der Waals surface area contributed by atoms with Gasteiger partial charge in [-0.2, -0.15) is 0 Å². The number of nitrogen functional groups attached to an aromatic ring is 1. The van der Waals surface area contributed by atoms with Gasteiger partial charge in [-0.3, -0.25) is 10.1 Å². The number of thiophene rings is 1. The van der Waals surface area contributed by atoms with E-state index in [9.17, 15) is 4.79 Å². The number of nitrogens with one attached hydrogen (secondary N) is 1. The molecule has 3 N–H and O–H groups in total. The van der Waals surface area contributed by atoms with Gasteiger partial charge in [0.25, 0.3) is 5.91 Å². The zero-order valence-electron chi connectivity index (χ0n) is 11.7. The summed E-state index contributed by atoms with van der Waals surface area (Å²) in [5.41, 5.74) is 7.46. The van der Waals surface area contributed by atoms with Crippen LogP contribution in [-0.4, -0.2) is 10.9 Å². The number of carbonyl (C=O) groups is 1. The Kier molecular flexibility index (Phi) is 3.65. The minimum Gasteiger partial charge on any atom is -0.399 e. The zero-order chi connectivity index (χ0) is 15.0. The Balaban J connectivity index is 1.82. The molecule has 0 saturated heterocycles. The number of aromatic nitrogens is 1. The summed E-state index contributed by atoms with van der Waals surface area (Å²) in [7, 11) is 0. The van der Waals surface area contributed by atoms with Gasteiger partial charge in [-0.05, 0) is 35.6 Å². The molecule has 3 rings (SSSR count). The van der Waals surface area contributed by atoms with Crippen LogP contribution in [0.25, 0.3) is 10.1 Å². The van der Waals surface area contributed by atoms with Crippen LogP contribution in [0.3, 0.4) is 0 Å². The molecule has 1 aromatic carbocycles. The van der Waals surface area contributed by atoms with E-state index < -0.39 is 0 Å². The number of nitrogens with two attached hydrogens (primary N) is 1. The second kappa shape index (κ2) is 5.46. The first kappa shape index (κ1) is 14.0. The number of rotatable bonds is 3. The zero-order valence-corrected chi connectivity index (χ0v) is 13.3. The molecule has 3 aromatic rings. The van der Waals surface area contributed by atoms with E-state index in [0.717, 1.165) is 15.8 Å². The minimum atomic E-state index is -0.126. The van der Waals surface area contributed by atoms with E-state index in [1.54, 1.807) is 0 Å². The molecule has 4 nitrogen and oxygen atoms in total. The maximum absolute atomic E-state index is 12.3. The Hall–Kier alpha value is -1.92. The minimum absolute atomic E-state index is 0.126. The molecule has 2 aromatic heterocycles. The van der Waals surface area contributed by atoms with Gasteiger partial charge >= 0.3 is 0 Å². The molecule has 0 bridgehead atoms. The molecule has 2 heterocycles. The van der Waals surface area contributed by atoms with Crippen LogP contribution in [0, 0.1) is 0 Å². The molecule has 0 saturated carbocycles. The normalized spacial score (nSPS) is 11.2. The van der Waals surface area contributed by atoms with Crippen molar-refractivity contribution in [3.8, 4) is 0 Å². The van der Waals surface area contributed by atoms with Gasteiger partial charge in [0.15, 0.2) is 5.13 Å². The third kappa shape index (κ3) is 2.91. The lowest BCUT2D eigenvalue weighted by Gasteiger charge is -1.99. The predicted octanol–water partition coefficient (Wildman–Crippen LogP) is 4.32. The van der Waals surface area contributed by atoms with E-state index in [-0.39, 0.29) is 5.91 Å². The maximum Gasteiger partial charge on any atom is 0.267 e. The highest BCUT2D eigenvalue weighted by molar-refractivity contribution is 7.21. The lowest BCUT2D eigenvalue weighted by Crippen LogP contribution is -2.09. The summed E-state index contributed by atoms with van der Waals surface area (Å²) < 4.78 is 1.05. The number of hydrogen-bond donors (Lipinski definition) is 2. The van der Waals surface area contributed by atoms with Gasteiger partial charge in [0, 0.05) is 15.8 Å². The summed E-state index contributed by atoms with van der Waals surface area (Å²) >= 11 is 2.91. The van der Waals surface area contributed by atoms with Crippen molar-refractivity contribution in [2.75, 3.05) is 11.1 Å². The van der Waals surface area contributed by atoms with Gasteiger partial charge in [-0.1, -0.05) is 13.8 Å². The molecule has 0 spiro atoms. The summed E-state index contributed by atoms with van der Waals surface area (Å²) in [6.45, 7) is 4.16. The molecule has 0 aliphatic carbocycles. The molecule has 21 heavy (non-hydrogen) atoms. The molecule has 0 aliphatic rings. The number of amides is 1. The Morgan fingerprint density at radius 1 is 1.33 bits per heavy atom. The fraction of sp³-hybridized carbons (Fsp3) is 0.200. The third-order valence-electron chi connectivity index (χ3n) is 3.10. The number of fused-ring (bicyclic) bond motifs is 1. The van der Waals surface area contributed by atoms with Crippen molar-refractivity contribution in [1.82, 2.24) is 4.98 Å². The maximum atomic E-state index is 12.3. The van der Waals surface area contributed by atoms with E-state index in [2.05, 4.69) is 24.1 Å². The second-order valence-corrected chi connectivity index (χ2v) is 7.04. The standard InChI is InChI=1S/C15H15N3OS2/c1-8(2)11-7-20-15(17-11)18-14(19)13-6-9-5-10(16)3-4-12(9)21-13/h3-8H,16H2,1-2H3,(H,17,18,19). The van der Waals surface area contributed by atoms with Crippen LogP contribution < -0.4 is 11.1 Å². The van der Waals surface area contributed by atoms with E-state index in [4.69, 9.17) is 5.73 Å². The molecule has 1 amide bonds. The van der Waals surface area contributed by atoms with E-state index >= 15 is 0 Å². The van der Waals surface area contributed by atoms with Crippen LogP contribution in [0.2, 0.25) is 0 Å². The SMILES string of the molecule is CC(C)c1csc(NC(=O)c2cc3cc(N)ccc3s2)n1. The molecule has 0 aliphatic heterocycles. The molecule has 6 heteroatoms. The fourth-order valence-electron chi connectivity index (χ4n) is 1.94. The number of thiazole rings is 1. The first-order valence-electron chi connectivity index (χ1n) is 6.59. The molecule has 0 unspecified atom stereocenters. The fourth-order valence-corrected chi connectivity index (χ4v) is 3.75. The molecular formula is C15H15N3OS2. The van der Waals surface area contributed by atoms with Gasteiger partial charge < -0.3 is 5.73 Å². The molecule has 0 atom stereocenters. The van der Waals surface area contributed by atoms with Gasteiger partial charge in [0.2, 0.25) is 0 Å². The van der Waals surface area contributed by atoms with Gasteiger partial charge in [-0.25, -0.2) is 4.98 Å². The number of carbonyl (C=O) groups excluding carboxylic acids is 1. The van der Waals surface area contributed by atoms with Crippen molar-refractivity contribution >= 4 is 49.5 Å². The highest BCUT2D eigenvalue weighted by Gasteiger charge is 2.13. The Labute approximate surface area is 130 Å². The summed E-state index contributed by atoms with van der Waals surface area (Å²) in [5.74, 6) is 0.235. The Morgan fingerprint density at radius 2 is 2.14 bits per heavy atom. The number of nitrogens with zero attached hydrogens (tertiary/aromatic N) is 1. The van der Waals surface area contributed by atoms with E-state index in [1.165, 1.54) is 22.7 Å². The number of hydrogen-bond acceptors (Lipinski definition) is 5. The van der Waals surface area contributed by atoms with Crippen LogP contribution in [0.5, 0.6) is 0 Å². The average Bonchev–Trinajstić information content (AvgIpc) is 3.04. The lowest BCUT2D eigenvalue weighted by molar-refractivity contribution is 0.103. The van der Waals surface area contributed by atoms with E-state index in [1.807, 2.05) is 29.6 Å². The first-order chi connectivity index (χ1) is 10.0. The van der Waals surface area contributed by atoms with Crippen LogP contribution in [-0.2, 0) is 0 Å². The Morgan fingerprint density at radius 3 is 2.86 bits per heavy atom. The number of anilines is 2. The van der Waals surface area contributed by atoms with Crippen molar-refractivity contribution in [1.29, 1.82) is 0 Å².